The van der Waals surface area contributed by atoms with Gasteiger partial charge in [-0.2, -0.15) is 0 Å². The van der Waals surface area contributed by atoms with Gasteiger partial charge >= 0.3 is 0 Å². The van der Waals surface area contributed by atoms with Gasteiger partial charge in [-0.1, -0.05) is 6.92 Å². The van der Waals surface area contributed by atoms with Gasteiger partial charge in [0.15, 0.2) is 0 Å². The van der Waals surface area contributed by atoms with Crippen LogP contribution in [0.15, 0.2) is 0 Å². The van der Waals surface area contributed by atoms with E-state index in [4.69, 9.17) is 5.11 Å². The zero-order valence-corrected chi connectivity index (χ0v) is 7.03. The van der Waals surface area contributed by atoms with Gasteiger partial charge in [0.1, 0.15) is 0 Å². The molecule has 0 saturated carbocycles. The van der Waals surface area contributed by atoms with Crippen molar-refractivity contribution in [2.24, 2.45) is 0 Å². The molecule has 3 nitrogen and oxygen atoms in total. The SMILES string of the molecule is CC[C@H](O)CN1CC[C@H](O)C1. The number of hydrogen-bond donors (Lipinski definition) is 2. The van der Waals surface area contributed by atoms with Crippen LogP contribution in [0.3, 0.4) is 0 Å². The minimum absolute atomic E-state index is 0.168. The Morgan fingerprint density at radius 1 is 1.64 bits per heavy atom. The fourth-order valence-corrected chi connectivity index (χ4v) is 1.41. The predicted octanol–water partition coefficient (Wildman–Crippen LogP) is -0.176. The van der Waals surface area contributed by atoms with Crippen molar-refractivity contribution in [3.8, 4) is 0 Å². The first kappa shape index (κ1) is 8.97. The van der Waals surface area contributed by atoms with Gasteiger partial charge in [-0.3, -0.25) is 4.90 Å². The van der Waals surface area contributed by atoms with E-state index in [9.17, 15) is 5.11 Å². The number of β-amino-alcohol motifs (C(OH)–C–C–N with tert-alkyl or cyclic N) is 2. The van der Waals surface area contributed by atoms with E-state index in [0.717, 1.165) is 25.9 Å². The maximum Gasteiger partial charge on any atom is 0.0679 e. The summed E-state index contributed by atoms with van der Waals surface area (Å²) < 4.78 is 0. The van der Waals surface area contributed by atoms with Crippen LogP contribution in [0, 0.1) is 0 Å². The van der Waals surface area contributed by atoms with E-state index in [0.29, 0.717) is 6.54 Å². The molecule has 1 heterocycles. The van der Waals surface area contributed by atoms with E-state index in [2.05, 4.69) is 4.90 Å². The quantitative estimate of drug-likeness (QED) is 0.600. The summed E-state index contributed by atoms with van der Waals surface area (Å²) in [5.74, 6) is 0. The van der Waals surface area contributed by atoms with E-state index in [1.165, 1.54) is 0 Å². The third kappa shape index (κ3) is 2.77. The Morgan fingerprint density at radius 3 is 2.82 bits per heavy atom. The highest BCUT2D eigenvalue weighted by atomic mass is 16.3. The molecule has 0 unspecified atom stereocenters. The highest BCUT2D eigenvalue weighted by molar-refractivity contribution is 4.75. The Labute approximate surface area is 67.6 Å². The van der Waals surface area contributed by atoms with Crippen molar-refractivity contribution in [3.63, 3.8) is 0 Å². The van der Waals surface area contributed by atoms with Crippen LogP contribution in [-0.4, -0.2) is 47.0 Å². The lowest BCUT2D eigenvalue weighted by Crippen LogP contribution is -2.30. The fraction of sp³-hybridized carbons (Fsp3) is 1.00. The summed E-state index contributed by atoms with van der Waals surface area (Å²) in [6, 6.07) is 0. The molecular formula is C8H17NO2. The number of rotatable bonds is 3. The Balaban J connectivity index is 2.17. The lowest BCUT2D eigenvalue weighted by Gasteiger charge is -2.17. The third-order valence-corrected chi connectivity index (χ3v) is 2.19. The average molecular weight is 159 g/mol. The molecule has 0 radical (unpaired) electrons. The maximum absolute atomic E-state index is 9.28. The molecule has 0 spiro atoms. The molecule has 11 heavy (non-hydrogen) atoms. The molecule has 1 saturated heterocycles. The van der Waals surface area contributed by atoms with E-state index < -0.39 is 0 Å². The first-order chi connectivity index (χ1) is 5.22. The molecule has 0 amide bonds. The topological polar surface area (TPSA) is 43.7 Å². The summed E-state index contributed by atoms with van der Waals surface area (Å²) in [7, 11) is 0. The number of nitrogens with zero attached hydrogens (tertiary/aromatic N) is 1. The molecule has 1 aliphatic heterocycles. The number of aliphatic hydroxyl groups excluding tert-OH is 2. The first-order valence-corrected chi connectivity index (χ1v) is 4.31. The second-order valence-corrected chi connectivity index (χ2v) is 3.26. The van der Waals surface area contributed by atoms with Crippen molar-refractivity contribution >= 4 is 0 Å². The van der Waals surface area contributed by atoms with Gasteiger partial charge in [-0.05, 0) is 12.8 Å². The molecule has 0 aromatic rings. The minimum Gasteiger partial charge on any atom is -0.392 e. The van der Waals surface area contributed by atoms with Crippen molar-refractivity contribution in [1.29, 1.82) is 0 Å². The number of aliphatic hydroxyl groups is 2. The Kier molecular flexibility index (Phi) is 3.30. The van der Waals surface area contributed by atoms with Crippen LogP contribution in [-0.2, 0) is 0 Å². The van der Waals surface area contributed by atoms with Crippen molar-refractivity contribution in [1.82, 2.24) is 4.90 Å². The van der Waals surface area contributed by atoms with Crippen molar-refractivity contribution in [2.45, 2.75) is 32.0 Å². The average Bonchev–Trinajstić information content (AvgIpc) is 2.35. The summed E-state index contributed by atoms with van der Waals surface area (Å²) in [5, 5.41) is 18.4. The fourth-order valence-electron chi connectivity index (χ4n) is 1.41. The van der Waals surface area contributed by atoms with Gasteiger partial charge < -0.3 is 10.2 Å². The number of likely N-dealkylation sites (tertiary alicyclic amines) is 1. The molecule has 0 aliphatic carbocycles. The normalized spacial score (nSPS) is 29.2. The molecule has 0 aromatic heterocycles. The summed E-state index contributed by atoms with van der Waals surface area (Å²) in [6.07, 6.45) is 1.27. The monoisotopic (exact) mass is 159 g/mol. The second-order valence-electron chi connectivity index (χ2n) is 3.26. The molecule has 2 N–H and O–H groups in total. The summed E-state index contributed by atoms with van der Waals surface area (Å²) >= 11 is 0. The van der Waals surface area contributed by atoms with Gasteiger partial charge in [0.25, 0.3) is 0 Å². The van der Waals surface area contributed by atoms with Crippen molar-refractivity contribution in [2.75, 3.05) is 19.6 Å². The molecule has 66 valence electrons. The molecule has 2 atom stereocenters. The highest BCUT2D eigenvalue weighted by Crippen LogP contribution is 2.09. The van der Waals surface area contributed by atoms with Crippen LogP contribution in [0.25, 0.3) is 0 Å². The van der Waals surface area contributed by atoms with Gasteiger partial charge in [-0.25, -0.2) is 0 Å². The van der Waals surface area contributed by atoms with Crippen LogP contribution in [0.4, 0.5) is 0 Å². The summed E-state index contributed by atoms with van der Waals surface area (Å²) in [6.45, 7) is 4.35. The van der Waals surface area contributed by atoms with Crippen molar-refractivity contribution < 1.29 is 10.2 Å². The van der Waals surface area contributed by atoms with Gasteiger partial charge in [0.05, 0.1) is 12.2 Å². The molecule has 1 fully saturated rings. The lowest BCUT2D eigenvalue weighted by molar-refractivity contribution is 0.110. The van der Waals surface area contributed by atoms with E-state index >= 15 is 0 Å². The van der Waals surface area contributed by atoms with Crippen LogP contribution in [0.2, 0.25) is 0 Å². The second kappa shape index (κ2) is 4.04. The maximum atomic E-state index is 9.28. The largest absolute Gasteiger partial charge is 0.392 e. The van der Waals surface area contributed by atoms with Gasteiger partial charge in [0.2, 0.25) is 0 Å². The van der Waals surface area contributed by atoms with Crippen molar-refractivity contribution in [3.05, 3.63) is 0 Å². The van der Waals surface area contributed by atoms with Gasteiger partial charge in [0, 0.05) is 19.6 Å². The first-order valence-electron chi connectivity index (χ1n) is 4.31. The summed E-state index contributed by atoms with van der Waals surface area (Å²) in [5.41, 5.74) is 0. The number of hydrogen-bond acceptors (Lipinski definition) is 3. The Hall–Kier alpha value is -0.120. The summed E-state index contributed by atoms with van der Waals surface area (Å²) in [4.78, 5) is 2.11. The minimum atomic E-state index is -0.222. The van der Waals surface area contributed by atoms with Crippen LogP contribution < -0.4 is 0 Å². The lowest BCUT2D eigenvalue weighted by atomic mass is 10.2. The Morgan fingerprint density at radius 2 is 2.36 bits per heavy atom. The molecule has 1 rings (SSSR count). The van der Waals surface area contributed by atoms with E-state index in [1.807, 2.05) is 6.92 Å². The van der Waals surface area contributed by atoms with Gasteiger partial charge in [-0.15, -0.1) is 0 Å². The third-order valence-electron chi connectivity index (χ3n) is 2.19. The smallest absolute Gasteiger partial charge is 0.0679 e. The highest BCUT2D eigenvalue weighted by Gasteiger charge is 2.21. The predicted molar refractivity (Wildman–Crippen MR) is 43.4 cm³/mol. The standard InChI is InChI=1S/C8H17NO2/c1-2-7(10)5-9-4-3-8(11)6-9/h7-8,10-11H,2-6H2,1H3/t7-,8-/m0/s1. The molecular weight excluding hydrogens is 142 g/mol. The van der Waals surface area contributed by atoms with Crippen LogP contribution in [0.5, 0.6) is 0 Å². The van der Waals surface area contributed by atoms with Crippen LogP contribution >= 0.6 is 0 Å². The van der Waals surface area contributed by atoms with E-state index in [1.54, 1.807) is 0 Å². The molecule has 1 aliphatic rings. The molecule has 0 aromatic carbocycles. The molecule has 3 heteroatoms. The zero-order valence-electron chi connectivity index (χ0n) is 7.03. The van der Waals surface area contributed by atoms with E-state index in [-0.39, 0.29) is 12.2 Å². The molecule has 0 bridgehead atoms. The Bertz CT molecular complexity index is 119. The zero-order chi connectivity index (χ0) is 8.27. The van der Waals surface area contributed by atoms with Crippen LogP contribution in [0.1, 0.15) is 19.8 Å².